The molecular weight excluding hydrogens is 399 g/mol. The molecule has 7 nitrogen and oxygen atoms in total. The molecule has 1 aromatic carbocycles. The van der Waals surface area contributed by atoms with Crippen molar-refractivity contribution in [1.29, 1.82) is 0 Å². The third-order valence-electron chi connectivity index (χ3n) is 4.17. The number of nitrogens with zero attached hydrogens (tertiary/aromatic N) is 2. The maximum absolute atomic E-state index is 13.1. The van der Waals surface area contributed by atoms with Crippen molar-refractivity contribution in [2.45, 2.75) is 17.4 Å². The highest BCUT2D eigenvalue weighted by molar-refractivity contribution is 7.89. The van der Waals surface area contributed by atoms with Crippen LogP contribution in [0.15, 0.2) is 35.5 Å². The molecule has 0 aliphatic carbocycles. The first-order valence-electron chi connectivity index (χ1n) is 7.90. The number of aromatic nitrogens is 1. The van der Waals surface area contributed by atoms with Gasteiger partial charge in [-0.15, -0.1) is 12.4 Å². The number of hydrogen-bond donors (Lipinski definition) is 2. The lowest BCUT2D eigenvalue weighted by molar-refractivity contribution is -0.120. The Morgan fingerprint density at radius 1 is 1.38 bits per heavy atom. The quantitative estimate of drug-likeness (QED) is 0.765. The molecule has 1 aliphatic heterocycles. The third kappa shape index (κ3) is 4.10. The van der Waals surface area contributed by atoms with Crippen LogP contribution < -0.4 is 10.6 Å². The van der Waals surface area contributed by atoms with E-state index in [1.165, 1.54) is 10.5 Å². The van der Waals surface area contributed by atoms with Gasteiger partial charge in [0.25, 0.3) is 0 Å². The smallest absolute Gasteiger partial charge is 0.243 e. The number of amides is 1. The van der Waals surface area contributed by atoms with Crippen LogP contribution in [0, 0.1) is 0 Å². The van der Waals surface area contributed by atoms with Gasteiger partial charge in [-0.1, -0.05) is 23.7 Å². The molecule has 1 saturated heterocycles. The van der Waals surface area contributed by atoms with Gasteiger partial charge in [0.2, 0.25) is 15.9 Å². The number of carbonyl (C=O) groups is 1. The minimum absolute atomic E-state index is 0. The van der Waals surface area contributed by atoms with Crippen molar-refractivity contribution in [2.75, 3.05) is 26.7 Å². The van der Waals surface area contributed by atoms with Crippen molar-refractivity contribution in [1.82, 2.24) is 19.9 Å². The fourth-order valence-corrected chi connectivity index (χ4v) is 5.08. The Bertz CT molecular complexity index is 902. The minimum Gasteiger partial charge on any atom is -0.351 e. The first kappa shape index (κ1) is 20.9. The standard InChI is InChI=1S/C16H19ClN4O3S.ClH/c1-18-9-15(22)20-12-5-6-21(10-12)25(23,24)14-4-2-3-11-7-19-8-13(17)16(11)14;/h2-4,7-8,12,18H,5-6,9-10H2,1H3,(H,20,22);1H/t12-;/m1./s1. The molecule has 2 heterocycles. The van der Waals surface area contributed by atoms with Crippen LogP contribution in [0.5, 0.6) is 0 Å². The van der Waals surface area contributed by atoms with Gasteiger partial charge >= 0.3 is 0 Å². The summed E-state index contributed by atoms with van der Waals surface area (Å²) in [6, 6.07) is 4.81. The molecule has 1 aromatic heterocycles. The van der Waals surface area contributed by atoms with Crippen molar-refractivity contribution in [2.24, 2.45) is 0 Å². The van der Waals surface area contributed by atoms with Crippen molar-refractivity contribution in [3.63, 3.8) is 0 Å². The molecule has 0 spiro atoms. The van der Waals surface area contributed by atoms with Crippen molar-refractivity contribution in [3.05, 3.63) is 35.6 Å². The number of rotatable bonds is 5. The van der Waals surface area contributed by atoms with Crippen LogP contribution in [-0.4, -0.2) is 56.3 Å². The van der Waals surface area contributed by atoms with Gasteiger partial charge in [-0.2, -0.15) is 4.31 Å². The van der Waals surface area contributed by atoms with E-state index in [1.807, 2.05) is 0 Å². The molecule has 1 fully saturated rings. The second kappa shape index (κ2) is 8.49. The summed E-state index contributed by atoms with van der Waals surface area (Å²) >= 11 is 6.20. The number of likely N-dealkylation sites (N-methyl/N-ethyl adjacent to an activating group) is 1. The first-order chi connectivity index (χ1) is 11.9. The number of carbonyl (C=O) groups excluding carboxylic acids is 1. The Hall–Kier alpha value is -1.45. The zero-order valence-electron chi connectivity index (χ0n) is 14.1. The SMILES string of the molecule is CNCC(=O)N[C@@H]1CCN(S(=O)(=O)c2cccc3cncc(Cl)c23)C1.Cl. The van der Waals surface area contributed by atoms with E-state index in [4.69, 9.17) is 11.6 Å². The highest BCUT2D eigenvalue weighted by Crippen LogP contribution is 2.32. The van der Waals surface area contributed by atoms with Crippen LogP contribution >= 0.6 is 24.0 Å². The van der Waals surface area contributed by atoms with Gasteiger partial charge in [0.15, 0.2) is 0 Å². The fraction of sp³-hybridized carbons (Fsp3) is 0.375. The van der Waals surface area contributed by atoms with Crippen LogP contribution in [-0.2, 0) is 14.8 Å². The first-order valence-corrected chi connectivity index (χ1v) is 9.71. The molecule has 0 saturated carbocycles. The molecule has 142 valence electrons. The van der Waals surface area contributed by atoms with Crippen LogP contribution in [0.2, 0.25) is 5.02 Å². The predicted molar refractivity (Wildman–Crippen MR) is 103 cm³/mol. The number of pyridine rings is 1. The Morgan fingerprint density at radius 2 is 2.15 bits per heavy atom. The molecule has 1 atom stereocenters. The summed E-state index contributed by atoms with van der Waals surface area (Å²) in [5.74, 6) is -0.147. The van der Waals surface area contributed by atoms with E-state index in [0.717, 1.165) is 0 Å². The van der Waals surface area contributed by atoms with E-state index in [-0.39, 0.29) is 42.3 Å². The van der Waals surface area contributed by atoms with Crippen molar-refractivity contribution in [3.8, 4) is 0 Å². The molecular formula is C16H20Cl2N4O3S. The van der Waals surface area contributed by atoms with Gasteiger partial charge in [0.1, 0.15) is 0 Å². The van der Waals surface area contributed by atoms with Crippen LogP contribution in [0.1, 0.15) is 6.42 Å². The normalized spacial score (nSPS) is 17.8. The van der Waals surface area contributed by atoms with E-state index in [0.29, 0.717) is 28.8 Å². The average molecular weight is 419 g/mol. The number of hydrogen-bond acceptors (Lipinski definition) is 5. The van der Waals surface area contributed by atoms with E-state index >= 15 is 0 Å². The molecule has 0 radical (unpaired) electrons. The van der Waals surface area contributed by atoms with E-state index < -0.39 is 10.0 Å². The maximum Gasteiger partial charge on any atom is 0.243 e. The topological polar surface area (TPSA) is 91.4 Å². The summed E-state index contributed by atoms with van der Waals surface area (Å²) in [4.78, 5) is 15.8. The molecule has 1 amide bonds. The number of benzene rings is 1. The third-order valence-corrected chi connectivity index (χ3v) is 6.36. The zero-order valence-corrected chi connectivity index (χ0v) is 16.5. The predicted octanol–water partition coefficient (Wildman–Crippen LogP) is 1.41. The second-order valence-corrected chi connectivity index (χ2v) is 8.24. The van der Waals surface area contributed by atoms with Gasteiger partial charge in [0, 0.05) is 42.3 Å². The lowest BCUT2D eigenvalue weighted by atomic mass is 10.2. The van der Waals surface area contributed by atoms with Crippen LogP contribution in [0.4, 0.5) is 0 Å². The maximum atomic E-state index is 13.1. The monoisotopic (exact) mass is 418 g/mol. The van der Waals surface area contributed by atoms with Crippen molar-refractivity contribution < 1.29 is 13.2 Å². The summed E-state index contributed by atoms with van der Waals surface area (Å²) in [5, 5.41) is 7.06. The summed E-state index contributed by atoms with van der Waals surface area (Å²) < 4.78 is 27.6. The Balaban J connectivity index is 0.00000243. The number of halogens is 2. The largest absolute Gasteiger partial charge is 0.351 e. The number of sulfonamides is 1. The van der Waals surface area contributed by atoms with Gasteiger partial charge in [-0.05, 0) is 19.5 Å². The highest BCUT2D eigenvalue weighted by Gasteiger charge is 2.34. The molecule has 26 heavy (non-hydrogen) atoms. The number of nitrogens with one attached hydrogen (secondary N) is 2. The Labute approximate surface area is 163 Å². The lowest BCUT2D eigenvalue weighted by Gasteiger charge is -2.18. The molecule has 1 aliphatic rings. The Kier molecular flexibility index (Phi) is 6.81. The molecule has 3 rings (SSSR count). The van der Waals surface area contributed by atoms with Gasteiger partial charge < -0.3 is 10.6 Å². The summed E-state index contributed by atoms with van der Waals surface area (Å²) in [5.41, 5.74) is 0. The average Bonchev–Trinajstić information content (AvgIpc) is 3.04. The number of fused-ring (bicyclic) bond motifs is 1. The Morgan fingerprint density at radius 3 is 2.88 bits per heavy atom. The van der Waals surface area contributed by atoms with E-state index in [1.54, 1.807) is 31.4 Å². The summed E-state index contributed by atoms with van der Waals surface area (Å²) in [6.07, 6.45) is 3.60. The van der Waals surface area contributed by atoms with E-state index in [2.05, 4.69) is 15.6 Å². The van der Waals surface area contributed by atoms with Crippen LogP contribution in [0.3, 0.4) is 0 Å². The molecule has 0 unspecified atom stereocenters. The second-order valence-electron chi connectivity index (χ2n) is 5.92. The fourth-order valence-electron chi connectivity index (χ4n) is 3.02. The zero-order chi connectivity index (χ0) is 18.0. The highest BCUT2D eigenvalue weighted by atomic mass is 35.5. The van der Waals surface area contributed by atoms with Gasteiger partial charge in [-0.25, -0.2) is 8.42 Å². The van der Waals surface area contributed by atoms with E-state index in [9.17, 15) is 13.2 Å². The minimum atomic E-state index is -3.71. The summed E-state index contributed by atoms with van der Waals surface area (Å²) in [6.45, 7) is 0.804. The molecule has 10 heteroatoms. The van der Waals surface area contributed by atoms with Gasteiger partial charge in [0.05, 0.1) is 16.5 Å². The van der Waals surface area contributed by atoms with Crippen LogP contribution in [0.25, 0.3) is 10.8 Å². The van der Waals surface area contributed by atoms with Crippen molar-refractivity contribution >= 4 is 50.7 Å². The summed E-state index contributed by atoms with van der Waals surface area (Å²) in [7, 11) is -2.03. The molecule has 2 aromatic rings. The molecule has 2 N–H and O–H groups in total. The van der Waals surface area contributed by atoms with Gasteiger partial charge in [-0.3, -0.25) is 9.78 Å². The molecule has 0 bridgehead atoms. The lowest BCUT2D eigenvalue weighted by Crippen LogP contribution is -2.41.